The summed E-state index contributed by atoms with van der Waals surface area (Å²) in [5, 5.41) is 13.6. The van der Waals surface area contributed by atoms with E-state index < -0.39 is 25.9 Å². The fourth-order valence-corrected chi connectivity index (χ4v) is 4.86. The van der Waals surface area contributed by atoms with Gasteiger partial charge in [-0.25, -0.2) is 4.79 Å². The molecule has 2 unspecified atom stereocenters. The monoisotopic (exact) mass is 343 g/mol. The van der Waals surface area contributed by atoms with Crippen molar-refractivity contribution in [1.29, 1.82) is 0 Å². The molecule has 0 saturated heterocycles. The lowest BCUT2D eigenvalue weighted by molar-refractivity contribution is 0.0410. The van der Waals surface area contributed by atoms with Gasteiger partial charge in [0.2, 0.25) is 0 Å². The highest BCUT2D eigenvalue weighted by molar-refractivity contribution is 6.76. The maximum absolute atomic E-state index is 12.1. The van der Waals surface area contributed by atoms with Crippen LogP contribution in [0.25, 0.3) is 0 Å². The highest BCUT2D eigenvalue weighted by atomic mass is 28.3. The minimum Gasteiger partial charge on any atom is -0.444 e. The van der Waals surface area contributed by atoms with E-state index in [1.807, 2.05) is 20.8 Å². The van der Waals surface area contributed by atoms with Crippen LogP contribution < -0.4 is 5.32 Å². The van der Waals surface area contributed by atoms with Crippen molar-refractivity contribution in [2.45, 2.75) is 103 Å². The second-order valence-corrected chi connectivity index (χ2v) is 14.9. The number of hydrogen-bond acceptors (Lipinski definition) is 3. The number of aliphatic hydroxyl groups excluding tert-OH is 1. The Morgan fingerprint density at radius 1 is 1.22 bits per heavy atom. The van der Waals surface area contributed by atoms with Gasteiger partial charge in [0.1, 0.15) is 5.60 Å². The summed E-state index contributed by atoms with van der Waals surface area (Å²) in [6.45, 7) is 12.3. The third kappa shape index (κ3) is 9.35. The second kappa shape index (κ2) is 8.52. The minimum absolute atomic E-state index is 0.195. The van der Waals surface area contributed by atoms with Crippen LogP contribution in [0.2, 0.25) is 25.7 Å². The average Bonchev–Trinajstić information content (AvgIpc) is 2.34. The van der Waals surface area contributed by atoms with Crippen LogP contribution in [0.3, 0.4) is 0 Å². The summed E-state index contributed by atoms with van der Waals surface area (Å²) in [7, 11) is -1.39. The third-order valence-corrected chi connectivity index (χ3v) is 5.94. The summed E-state index contributed by atoms with van der Waals surface area (Å²) in [6.07, 6.45) is 6.27. The van der Waals surface area contributed by atoms with Crippen LogP contribution in [0, 0.1) is 5.92 Å². The van der Waals surface area contributed by atoms with Crippen LogP contribution in [0.5, 0.6) is 0 Å². The number of rotatable bonds is 6. The number of carbonyl (C=O) groups excluding carboxylic acids is 1. The molecule has 0 aromatic heterocycles. The number of ether oxygens (including phenoxy) is 1. The Morgan fingerprint density at radius 3 is 2.26 bits per heavy atom. The summed E-state index contributed by atoms with van der Waals surface area (Å²) in [5.74, 6) is 0.611. The molecule has 0 heterocycles. The quantitative estimate of drug-likeness (QED) is 0.696. The van der Waals surface area contributed by atoms with Gasteiger partial charge >= 0.3 is 6.09 Å². The first-order valence-electron chi connectivity index (χ1n) is 9.14. The molecule has 1 saturated carbocycles. The molecular weight excluding hydrogens is 306 g/mol. The Morgan fingerprint density at radius 2 is 1.78 bits per heavy atom. The summed E-state index contributed by atoms with van der Waals surface area (Å²) >= 11 is 0. The number of hydrogen-bond donors (Lipinski definition) is 2. The van der Waals surface area contributed by atoms with Gasteiger partial charge in [-0.3, -0.25) is 0 Å². The maximum atomic E-state index is 12.1. The molecule has 0 bridgehead atoms. The average molecular weight is 344 g/mol. The number of alkyl carbamates (subject to hydrolysis) is 1. The molecule has 1 aliphatic carbocycles. The van der Waals surface area contributed by atoms with Crippen molar-refractivity contribution in [3.8, 4) is 0 Å². The van der Waals surface area contributed by atoms with Gasteiger partial charge in [0.25, 0.3) is 0 Å². The molecule has 2 atom stereocenters. The first-order valence-corrected chi connectivity index (χ1v) is 12.8. The molecule has 5 heteroatoms. The summed E-state index contributed by atoms with van der Waals surface area (Å²) in [4.78, 5) is 12.1. The zero-order valence-electron chi connectivity index (χ0n) is 15.9. The van der Waals surface area contributed by atoms with E-state index in [0.717, 1.165) is 12.5 Å². The first-order chi connectivity index (χ1) is 10.5. The van der Waals surface area contributed by atoms with E-state index in [1.54, 1.807) is 0 Å². The van der Waals surface area contributed by atoms with Crippen LogP contribution in [0.15, 0.2) is 0 Å². The molecule has 0 aliphatic heterocycles. The van der Waals surface area contributed by atoms with Gasteiger partial charge in [0.15, 0.2) is 0 Å². The molecule has 1 fully saturated rings. The van der Waals surface area contributed by atoms with Gasteiger partial charge in [0.05, 0.1) is 12.1 Å². The Hall–Kier alpha value is -0.553. The van der Waals surface area contributed by atoms with E-state index in [4.69, 9.17) is 4.74 Å². The van der Waals surface area contributed by atoms with Gasteiger partial charge < -0.3 is 15.2 Å². The molecule has 1 rings (SSSR count). The molecule has 0 spiro atoms. The van der Waals surface area contributed by atoms with Gasteiger partial charge in [-0.05, 0) is 39.2 Å². The molecule has 0 aromatic carbocycles. The summed E-state index contributed by atoms with van der Waals surface area (Å²) in [6, 6.07) is 0.611. The van der Waals surface area contributed by atoms with Crippen LogP contribution in [-0.4, -0.2) is 37.0 Å². The SMILES string of the molecule is CC(C)(C)OC(=O)NC(CC1CCCCC1)C(O)C[Si](C)(C)C. The van der Waals surface area contributed by atoms with E-state index in [1.165, 1.54) is 32.1 Å². The first kappa shape index (κ1) is 20.5. The summed E-state index contributed by atoms with van der Waals surface area (Å²) < 4.78 is 5.39. The van der Waals surface area contributed by atoms with E-state index in [0.29, 0.717) is 5.92 Å². The highest BCUT2D eigenvalue weighted by Crippen LogP contribution is 2.29. The number of carbonyl (C=O) groups is 1. The van der Waals surface area contributed by atoms with Crippen molar-refractivity contribution in [2.75, 3.05) is 0 Å². The lowest BCUT2D eigenvalue weighted by Gasteiger charge is -2.33. The fraction of sp³-hybridized carbons (Fsp3) is 0.944. The Kier molecular flexibility index (Phi) is 7.59. The highest BCUT2D eigenvalue weighted by Gasteiger charge is 2.30. The van der Waals surface area contributed by atoms with Gasteiger partial charge in [-0.15, -0.1) is 0 Å². The standard InChI is InChI=1S/C18H37NO3Si/c1-18(2,3)22-17(21)19-15(16(20)13-23(4,5)6)12-14-10-8-7-9-11-14/h14-16,20H,7-13H2,1-6H3,(H,19,21). The number of aliphatic hydroxyl groups is 1. The number of nitrogens with one attached hydrogen (secondary N) is 1. The van der Waals surface area contributed by atoms with Crippen LogP contribution in [0.4, 0.5) is 4.79 Å². The minimum atomic E-state index is -1.39. The normalized spacial score (nSPS) is 20.0. The molecule has 0 aromatic rings. The third-order valence-electron chi connectivity index (χ3n) is 4.30. The van der Waals surface area contributed by atoms with Crippen LogP contribution in [-0.2, 0) is 4.74 Å². The van der Waals surface area contributed by atoms with Crippen molar-refractivity contribution < 1.29 is 14.6 Å². The van der Waals surface area contributed by atoms with E-state index in [9.17, 15) is 9.90 Å². The molecule has 1 aliphatic rings. The Labute approximate surface area is 143 Å². The molecular formula is C18H37NO3Si. The van der Waals surface area contributed by atoms with Crippen molar-refractivity contribution in [2.24, 2.45) is 5.92 Å². The van der Waals surface area contributed by atoms with E-state index in [-0.39, 0.29) is 6.04 Å². The Balaban J connectivity index is 2.68. The number of amides is 1. The van der Waals surface area contributed by atoms with Crippen LogP contribution in [0.1, 0.15) is 59.3 Å². The van der Waals surface area contributed by atoms with Gasteiger partial charge in [0, 0.05) is 8.07 Å². The smallest absolute Gasteiger partial charge is 0.407 e. The lowest BCUT2D eigenvalue weighted by atomic mass is 9.84. The molecule has 4 nitrogen and oxygen atoms in total. The predicted molar refractivity (Wildman–Crippen MR) is 98.5 cm³/mol. The molecule has 136 valence electrons. The molecule has 2 N–H and O–H groups in total. The van der Waals surface area contributed by atoms with Crippen LogP contribution >= 0.6 is 0 Å². The summed E-state index contributed by atoms with van der Waals surface area (Å²) in [5.41, 5.74) is -0.511. The molecule has 0 radical (unpaired) electrons. The Bertz CT molecular complexity index is 367. The maximum Gasteiger partial charge on any atom is 0.407 e. The van der Waals surface area contributed by atoms with Gasteiger partial charge in [-0.2, -0.15) is 0 Å². The predicted octanol–water partition coefficient (Wildman–Crippen LogP) is 4.55. The molecule has 23 heavy (non-hydrogen) atoms. The fourth-order valence-electron chi connectivity index (χ4n) is 3.32. The van der Waals surface area contributed by atoms with Gasteiger partial charge in [-0.1, -0.05) is 51.7 Å². The van der Waals surface area contributed by atoms with Crippen molar-refractivity contribution in [3.05, 3.63) is 0 Å². The van der Waals surface area contributed by atoms with Crippen molar-refractivity contribution >= 4 is 14.2 Å². The second-order valence-electron chi connectivity index (χ2n) is 9.32. The zero-order chi connectivity index (χ0) is 17.7. The van der Waals surface area contributed by atoms with E-state index in [2.05, 4.69) is 25.0 Å². The van der Waals surface area contributed by atoms with E-state index >= 15 is 0 Å². The topological polar surface area (TPSA) is 58.6 Å². The largest absolute Gasteiger partial charge is 0.444 e. The van der Waals surface area contributed by atoms with Crippen molar-refractivity contribution in [1.82, 2.24) is 5.32 Å². The zero-order valence-corrected chi connectivity index (χ0v) is 16.9. The molecule has 1 amide bonds. The van der Waals surface area contributed by atoms with Crippen molar-refractivity contribution in [3.63, 3.8) is 0 Å². The lowest BCUT2D eigenvalue weighted by Crippen LogP contribution is -2.48.